The summed E-state index contributed by atoms with van der Waals surface area (Å²) in [6, 6.07) is 20.0. The van der Waals surface area contributed by atoms with Crippen molar-refractivity contribution in [3.63, 3.8) is 0 Å². The van der Waals surface area contributed by atoms with E-state index in [2.05, 4.69) is 96.1 Å². The van der Waals surface area contributed by atoms with Crippen molar-refractivity contribution in [2.24, 2.45) is 0 Å². The molecule has 0 N–H and O–H groups in total. The van der Waals surface area contributed by atoms with E-state index in [0.717, 1.165) is 11.3 Å². The van der Waals surface area contributed by atoms with Gasteiger partial charge < -0.3 is 24.8 Å². The molecular formula is C25H35Cl2PZr. The Morgan fingerprint density at radius 2 is 1.59 bits per heavy atom. The second kappa shape index (κ2) is 15.8. The predicted molar refractivity (Wildman–Crippen MR) is 122 cm³/mol. The average Bonchev–Trinajstić information content (AvgIpc) is 3.18. The topological polar surface area (TPSA) is 0 Å². The van der Waals surface area contributed by atoms with Gasteiger partial charge in [-0.25, -0.2) is 12.1 Å². The molecule has 0 saturated carbocycles. The summed E-state index contributed by atoms with van der Waals surface area (Å²) in [6.45, 7) is 13.8. The smallest absolute Gasteiger partial charge is 1.00 e. The molecule has 0 aliphatic rings. The zero-order valence-electron chi connectivity index (χ0n) is 18.7. The van der Waals surface area contributed by atoms with Crippen LogP contribution in [0.4, 0.5) is 0 Å². The molecule has 0 aliphatic carbocycles. The predicted octanol–water partition coefficient (Wildman–Crippen LogP) is 1.54. The van der Waals surface area contributed by atoms with Gasteiger partial charge in [0, 0.05) is 0 Å². The maximum Gasteiger partial charge on any atom is 4.00 e. The molecule has 4 heteroatoms. The minimum Gasteiger partial charge on any atom is -1.00 e. The number of hydrogen-bond donors (Lipinski definition) is 0. The first-order valence-electron chi connectivity index (χ1n) is 10.1. The molecular weight excluding hydrogens is 493 g/mol. The van der Waals surface area contributed by atoms with E-state index < -0.39 is 0 Å². The van der Waals surface area contributed by atoms with Crippen LogP contribution in [-0.2, 0) is 32.6 Å². The van der Waals surface area contributed by atoms with Gasteiger partial charge in [-0.15, -0.1) is 40.3 Å². The van der Waals surface area contributed by atoms with Gasteiger partial charge in [0.15, 0.2) is 0 Å². The van der Waals surface area contributed by atoms with Crippen LogP contribution in [0.2, 0.25) is 0 Å². The van der Waals surface area contributed by atoms with Crippen molar-refractivity contribution in [2.75, 3.05) is 0 Å². The Morgan fingerprint density at radius 3 is 2.07 bits per heavy atom. The molecule has 0 atom stereocenters. The number of hydrogen-bond acceptors (Lipinski definition) is 0. The average molecular weight is 529 g/mol. The molecule has 0 aliphatic heterocycles. The Labute approximate surface area is 211 Å². The minimum atomic E-state index is -0.0206. The largest absolute Gasteiger partial charge is 4.00 e. The van der Waals surface area contributed by atoms with Crippen molar-refractivity contribution < 1.29 is 51.0 Å². The second-order valence-electron chi connectivity index (χ2n) is 7.77. The van der Waals surface area contributed by atoms with Crippen LogP contribution >= 0.6 is 7.92 Å². The Kier molecular flexibility index (Phi) is 17.0. The van der Waals surface area contributed by atoms with E-state index in [1.54, 1.807) is 5.30 Å². The second-order valence-corrected chi connectivity index (χ2v) is 11.2. The summed E-state index contributed by atoms with van der Waals surface area (Å²) in [5.41, 5.74) is 4.52. The van der Waals surface area contributed by atoms with Gasteiger partial charge in [0.05, 0.1) is 0 Å². The van der Waals surface area contributed by atoms with E-state index in [9.17, 15) is 0 Å². The van der Waals surface area contributed by atoms with Gasteiger partial charge in [-0.1, -0.05) is 74.8 Å². The molecule has 0 heterocycles. The normalized spacial score (nSPS) is 10.2. The third-order valence-corrected chi connectivity index (χ3v) is 8.04. The Morgan fingerprint density at radius 1 is 0.966 bits per heavy atom. The molecule has 0 aromatic heterocycles. The van der Waals surface area contributed by atoms with Crippen LogP contribution < -0.4 is 30.1 Å². The SMILES string of the molecule is CC(C)P(c1cc2ccccc2[cH-]1)C(C)C.CCCC[c-]1cccc1C.[Cl-].[Cl-].[Zr+4]. The quantitative estimate of drug-likeness (QED) is 0.337. The van der Waals surface area contributed by atoms with Crippen molar-refractivity contribution in [1.29, 1.82) is 0 Å². The van der Waals surface area contributed by atoms with E-state index in [4.69, 9.17) is 0 Å². The van der Waals surface area contributed by atoms with Crippen LogP contribution in [-0.4, -0.2) is 11.3 Å². The van der Waals surface area contributed by atoms with Crippen LogP contribution in [0.5, 0.6) is 0 Å². The molecule has 3 aromatic rings. The van der Waals surface area contributed by atoms with E-state index in [0.29, 0.717) is 0 Å². The molecule has 0 fully saturated rings. The minimum absolute atomic E-state index is 0. The molecule has 3 aromatic carbocycles. The first kappa shape index (κ1) is 31.3. The van der Waals surface area contributed by atoms with Crippen molar-refractivity contribution in [1.82, 2.24) is 0 Å². The summed E-state index contributed by atoms with van der Waals surface area (Å²) in [5, 5.41) is 4.36. The van der Waals surface area contributed by atoms with E-state index >= 15 is 0 Å². The monoisotopic (exact) mass is 526 g/mol. The van der Waals surface area contributed by atoms with Gasteiger partial charge >= 0.3 is 26.2 Å². The van der Waals surface area contributed by atoms with E-state index in [1.165, 1.54) is 41.2 Å². The molecule has 0 bridgehead atoms. The van der Waals surface area contributed by atoms with Gasteiger partial charge in [0.2, 0.25) is 0 Å². The van der Waals surface area contributed by atoms with Crippen molar-refractivity contribution in [3.8, 4) is 0 Å². The molecule has 158 valence electrons. The van der Waals surface area contributed by atoms with Crippen molar-refractivity contribution in [3.05, 3.63) is 65.7 Å². The number of benzene rings is 1. The number of aryl methyl sites for hydroxylation is 2. The maximum atomic E-state index is 2.39. The molecule has 29 heavy (non-hydrogen) atoms. The van der Waals surface area contributed by atoms with Crippen molar-refractivity contribution in [2.45, 2.75) is 72.1 Å². The molecule has 0 unspecified atom stereocenters. The fourth-order valence-corrected chi connectivity index (χ4v) is 6.63. The van der Waals surface area contributed by atoms with Crippen molar-refractivity contribution >= 4 is 24.0 Å². The van der Waals surface area contributed by atoms with Gasteiger partial charge in [0.1, 0.15) is 0 Å². The molecule has 3 rings (SSSR count). The van der Waals surface area contributed by atoms with E-state index in [1.807, 2.05) is 0 Å². The summed E-state index contributed by atoms with van der Waals surface area (Å²) < 4.78 is 0. The number of fused-ring (bicyclic) bond motifs is 1. The maximum absolute atomic E-state index is 2.39. The zero-order valence-corrected chi connectivity index (χ0v) is 23.5. The van der Waals surface area contributed by atoms with Gasteiger partial charge in [-0.2, -0.15) is 23.3 Å². The molecule has 0 spiro atoms. The van der Waals surface area contributed by atoms with Gasteiger partial charge in [-0.05, 0) is 11.3 Å². The van der Waals surface area contributed by atoms with Gasteiger partial charge in [-0.3, -0.25) is 0 Å². The summed E-state index contributed by atoms with van der Waals surface area (Å²) in [7, 11) is -0.0206. The van der Waals surface area contributed by atoms with Crippen LogP contribution in [0, 0.1) is 6.92 Å². The Bertz CT molecular complexity index is 748. The zero-order chi connectivity index (χ0) is 19.1. The fourth-order valence-electron chi connectivity index (χ4n) is 3.67. The molecule has 0 nitrogen and oxygen atoms in total. The van der Waals surface area contributed by atoms with Gasteiger partial charge in [0.25, 0.3) is 0 Å². The number of halogens is 2. The summed E-state index contributed by atoms with van der Waals surface area (Å²) in [5.74, 6) is 0. The Balaban J connectivity index is 0. The third kappa shape index (κ3) is 9.39. The molecule has 0 saturated heterocycles. The van der Waals surface area contributed by atoms with Crippen LogP contribution in [0.1, 0.15) is 58.6 Å². The molecule has 0 amide bonds. The first-order chi connectivity index (χ1) is 12.4. The molecule has 0 radical (unpaired) electrons. The summed E-state index contributed by atoms with van der Waals surface area (Å²) >= 11 is 0. The third-order valence-electron chi connectivity index (χ3n) is 4.96. The first-order valence-corrected chi connectivity index (χ1v) is 11.6. The summed E-state index contributed by atoms with van der Waals surface area (Å²) in [4.78, 5) is 0. The standard InChI is InChI=1S/C15H20P.C10H15.2ClH.Zr/c1-11(2)16(12(3)4)15-9-13-7-5-6-8-14(13)10-15;1-3-4-7-10-8-5-6-9(10)2;;;/h5-12H,1-4H3;5-6,8H,3-4,7H2,1-2H3;2*1H;/q2*-1;;;+4/p-2. The number of rotatable bonds is 6. The van der Waals surface area contributed by atoms with Crippen LogP contribution in [0.3, 0.4) is 0 Å². The van der Waals surface area contributed by atoms with Crippen LogP contribution in [0.25, 0.3) is 10.8 Å². The fraction of sp³-hybridized carbons (Fsp3) is 0.440. The number of unbranched alkanes of at least 4 members (excludes halogenated alkanes) is 1. The van der Waals surface area contributed by atoms with E-state index in [-0.39, 0.29) is 58.9 Å². The summed E-state index contributed by atoms with van der Waals surface area (Å²) in [6.07, 6.45) is 3.88. The Hall–Kier alpha value is 0.0731. The van der Waals surface area contributed by atoms with Crippen LogP contribution in [0.15, 0.2) is 54.6 Å².